The van der Waals surface area contributed by atoms with E-state index < -0.39 is 0 Å². The van der Waals surface area contributed by atoms with Gasteiger partial charge in [0.15, 0.2) is 5.82 Å². The van der Waals surface area contributed by atoms with Crippen molar-refractivity contribution in [3.63, 3.8) is 0 Å². The molecule has 120 valence electrons. The lowest BCUT2D eigenvalue weighted by Crippen LogP contribution is -2.48. The Morgan fingerprint density at radius 2 is 2.09 bits per heavy atom. The molecule has 0 unspecified atom stereocenters. The van der Waals surface area contributed by atoms with Gasteiger partial charge in [-0.25, -0.2) is 4.79 Å². The smallest absolute Gasteiger partial charge is 0.320 e. The number of rotatable bonds is 3. The predicted molar refractivity (Wildman–Crippen MR) is 80.2 cm³/mol. The molecule has 0 aliphatic heterocycles. The Bertz CT molecular complexity index is 578. The van der Waals surface area contributed by atoms with E-state index >= 15 is 0 Å². The first-order chi connectivity index (χ1) is 10.5. The van der Waals surface area contributed by atoms with Gasteiger partial charge in [0.2, 0.25) is 0 Å². The summed E-state index contributed by atoms with van der Waals surface area (Å²) in [5.41, 5.74) is 0.961. The van der Waals surface area contributed by atoms with Crippen LogP contribution in [0.3, 0.4) is 0 Å². The SMILES string of the molecule is COC(=O)[C@@H]1[C@H]2CC[C@@H](C2)[C@@H]1NC(=O)Nc1cc(C)n(C)n1. The molecule has 0 aromatic carbocycles. The first kappa shape index (κ1) is 14.9. The Labute approximate surface area is 129 Å². The van der Waals surface area contributed by atoms with E-state index in [1.807, 2.05) is 14.0 Å². The molecule has 2 aliphatic carbocycles. The first-order valence-electron chi connectivity index (χ1n) is 7.65. The van der Waals surface area contributed by atoms with E-state index in [2.05, 4.69) is 15.7 Å². The average Bonchev–Trinajstić information content (AvgIpc) is 3.14. The van der Waals surface area contributed by atoms with E-state index in [4.69, 9.17) is 4.74 Å². The van der Waals surface area contributed by atoms with Crippen LogP contribution in [0, 0.1) is 24.7 Å². The highest BCUT2D eigenvalue weighted by Gasteiger charge is 2.52. The van der Waals surface area contributed by atoms with E-state index in [1.165, 1.54) is 7.11 Å². The molecule has 1 aromatic heterocycles. The summed E-state index contributed by atoms with van der Waals surface area (Å²) in [5, 5.41) is 9.88. The van der Waals surface area contributed by atoms with Crippen molar-refractivity contribution in [3.05, 3.63) is 11.8 Å². The van der Waals surface area contributed by atoms with Gasteiger partial charge in [-0.2, -0.15) is 5.10 Å². The van der Waals surface area contributed by atoms with Crippen LogP contribution in [0.25, 0.3) is 0 Å². The molecule has 2 saturated carbocycles. The molecule has 2 fully saturated rings. The number of nitrogens with one attached hydrogen (secondary N) is 2. The molecule has 0 radical (unpaired) electrons. The number of esters is 1. The molecular weight excluding hydrogens is 284 g/mol. The Hall–Kier alpha value is -2.05. The fourth-order valence-electron chi connectivity index (χ4n) is 3.90. The van der Waals surface area contributed by atoms with Crippen LogP contribution in [0.4, 0.5) is 10.6 Å². The minimum Gasteiger partial charge on any atom is -0.469 e. The highest BCUT2D eigenvalue weighted by Crippen LogP contribution is 2.48. The van der Waals surface area contributed by atoms with Gasteiger partial charge in [-0.3, -0.25) is 14.8 Å². The van der Waals surface area contributed by atoms with Crippen LogP contribution in [-0.4, -0.2) is 34.9 Å². The summed E-state index contributed by atoms with van der Waals surface area (Å²) in [6.45, 7) is 1.92. The van der Waals surface area contributed by atoms with Crippen LogP contribution in [0.15, 0.2) is 6.07 Å². The molecule has 2 amide bonds. The molecule has 4 atom stereocenters. The number of aryl methyl sites for hydroxylation is 2. The Morgan fingerprint density at radius 3 is 2.73 bits per heavy atom. The molecule has 22 heavy (non-hydrogen) atoms. The summed E-state index contributed by atoms with van der Waals surface area (Å²) in [7, 11) is 3.23. The van der Waals surface area contributed by atoms with Crippen LogP contribution in [0.2, 0.25) is 0 Å². The summed E-state index contributed by atoms with van der Waals surface area (Å²) < 4.78 is 6.61. The van der Waals surface area contributed by atoms with Crippen molar-refractivity contribution in [1.82, 2.24) is 15.1 Å². The van der Waals surface area contributed by atoms with Crippen LogP contribution in [0.1, 0.15) is 25.0 Å². The summed E-state index contributed by atoms with van der Waals surface area (Å²) in [6, 6.07) is 1.35. The zero-order valence-electron chi connectivity index (χ0n) is 13.1. The first-order valence-corrected chi connectivity index (χ1v) is 7.65. The molecule has 7 heteroatoms. The van der Waals surface area contributed by atoms with Crippen molar-refractivity contribution in [3.8, 4) is 0 Å². The number of hydrogen-bond donors (Lipinski definition) is 2. The minimum atomic E-state index is -0.315. The third kappa shape index (κ3) is 2.55. The number of ether oxygens (including phenoxy) is 1. The number of aromatic nitrogens is 2. The zero-order chi connectivity index (χ0) is 15.9. The van der Waals surface area contributed by atoms with Crippen LogP contribution >= 0.6 is 0 Å². The van der Waals surface area contributed by atoms with Gasteiger partial charge < -0.3 is 10.1 Å². The number of carbonyl (C=O) groups excluding carboxylic acids is 2. The van der Waals surface area contributed by atoms with E-state index in [9.17, 15) is 9.59 Å². The Balaban J connectivity index is 1.66. The zero-order valence-corrected chi connectivity index (χ0v) is 13.1. The fraction of sp³-hybridized carbons (Fsp3) is 0.667. The summed E-state index contributed by atoms with van der Waals surface area (Å²) >= 11 is 0. The third-order valence-electron chi connectivity index (χ3n) is 5.04. The number of amides is 2. The van der Waals surface area contributed by atoms with E-state index in [0.717, 1.165) is 25.0 Å². The quantitative estimate of drug-likeness (QED) is 0.827. The second kappa shape index (κ2) is 5.62. The standard InChI is InChI=1S/C15H22N4O3/c1-8-6-11(18-19(8)2)16-15(21)17-13-10-5-4-9(7-10)12(13)14(20)22-3/h6,9-10,12-13H,4-5,7H2,1-3H3,(H2,16,17,18,21)/t9-,10-,12+,13-/m0/s1. The van der Waals surface area contributed by atoms with Crippen molar-refractivity contribution in [2.45, 2.75) is 32.2 Å². The normalized spacial score (nSPS) is 29.4. The average molecular weight is 306 g/mol. The lowest BCUT2D eigenvalue weighted by atomic mass is 9.84. The maximum atomic E-state index is 12.2. The van der Waals surface area contributed by atoms with E-state index in [-0.39, 0.29) is 24.0 Å². The molecule has 2 N–H and O–H groups in total. The number of hydrogen-bond acceptors (Lipinski definition) is 4. The van der Waals surface area contributed by atoms with Crippen molar-refractivity contribution >= 4 is 17.8 Å². The second-order valence-corrected chi connectivity index (χ2v) is 6.30. The summed E-state index contributed by atoms with van der Waals surface area (Å²) in [6.07, 6.45) is 3.10. The van der Waals surface area contributed by atoms with Crippen molar-refractivity contribution in [2.75, 3.05) is 12.4 Å². The van der Waals surface area contributed by atoms with E-state index in [0.29, 0.717) is 17.7 Å². The number of fused-ring (bicyclic) bond motifs is 2. The molecule has 0 spiro atoms. The van der Waals surface area contributed by atoms with Crippen LogP contribution in [0.5, 0.6) is 0 Å². The van der Waals surface area contributed by atoms with Gasteiger partial charge in [-0.05, 0) is 38.0 Å². The van der Waals surface area contributed by atoms with Crippen molar-refractivity contribution in [2.24, 2.45) is 24.8 Å². The van der Waals surface area contributed by atoms with Gasteiger partial charge in [0.25, 0.3) is 0 Å². The van der Waals surface area contributed by atoms with Crippen LogP contribution < -0.4 is 10.6 Å². The second-order valence-electron chi connectivity index (χ2n) is 6.30. The number of urea groups is 1. The van der Waals surface area contributed by atoms with Gasteiger partial charge in [0.05, 0.1) is 13.0 Å². The molecule has 1 heterocycles. The summed E-state index contributed by atoms with van der Waals surface area (Å²) in [4.78, 5) is 24.2. The Morgan fingerprint density at radius 1 is 1.36 bits per heavy atom. The predicted octanol–water partition coefficient (Wildman–Crippen LogP) is 1.44. The molecule has 1 aromatic rings. The van der Waals surface area contributed by atoms with E-state index in [1.54, 1.807) is 10.7 Å². The number of methoxy groups -OCH3 is 1. The monoisotopic (exact) mass is 306 g/mol. The lowest BCUT2D eigenvalue weighted by Gasteiger charge is -2.29. The highest BCUT2D eigenvalue weighted by atomic mass is 16.5. The molecule has 2 aliphatic rings. The highest BCUT2D eigenvalue weighted by molar-refractivity contribution is 5.89. The van der Waals surface area contributed by atoms with Gasteiger partial charge >= 0.3 is 12.0 Å². The maximum Gasteiger partial charge on any atom is 0.320 e. The molecule has 2 bridgehead atoms. The summed E-state index contributed by atoms with van der Waals surface area (Å²) in [5.74, 6) is 0.770. The Kier molecular flexibility index (Phi) is 3.80. The topological polar surface area (TPSA) is 85.2 Å². The van der Waals surface area contributed by atoms with Gasteiger partial charge in [0.1, 0.15) is 0 Å². The van der Waals surface area contributed by atoms with Gasteiger partial charge in [-0.1, -0.05) is 0 Å². The number of nitrogens with zero attached hydrogens (tertiary/aromatic N) is 2. The molecule has 0 saturated heterocycles. The van der Waals surface area contributed by atoms with Gasteiger partial charge in [0, 0.05) is 24.8 Å². The van der Waals surface area contributed by atoms with Crippen molar-refractivity contribution in [1.29, 1.82) is 0 Å². The minimum absolute atomic E-state index is 0.143. The van der Waals surface area contributed by atoms with Crippen LogP contribution in [-0.2, 0) is 16.6 Å². The largest absolute Gasteiger partial charge is 0.469 e. The molecular formula is C15H22N4O3. The fourth-order valence-corrected chi connectivity index (χ4v) is 3.90. The lowest BCUT2D eigenvalue weighted by molar-refractivity contribution is -0.148. The maximum absolute atomic E-state index is 12.2. The molecule has 7 nitrogen and oxygen atoms in total. The number of carbonyl (C=O) groups is 2. The van der Waals surface area contributed by atoms with Gasteiger partial charge in [-0.15, -0.1) is 0 Å². The van der Waals surface area contributed by atoms with Crippen molar-refractivity contribution < 1.29 is 14.3 Å². The third-order valence-corrected chi connectivity index (χ3v) is 5.04. The number of anilines is 1. The molecule has 3 rings (SSSR count).